The van der Waals surface area contributed by atoms with E-state index in [2.05, 4.69) is 20.6 Å². The Hall–Kier alpha value is -1.96. The van der Waals surface area contributed by atoms with Crippen LogP contribution in [0.3, 0.4) is 0 Å². The van der Waals surface area contributed by atoms with Crippen molar-refractivity contribution in [2.45, 2.75) is 38.8 Å². The highest BCUT2D eigenvalue weighted by molar-refractivity contribution is 5.80. The number of piperidine rings is 1. The van der Waals surface area contributed by atoms with Gasteiger partial charge in [-0.1, -0.05) is 6.07 Å². The van der Waals surface area contributed by atoms with Gasteiger partial charge in [-0.25, -0.2) is 18.8 Å². The number of pyridine rings is 1. The standard InChI is InChI=1S/C18H30F2N6/c1-4-21-18(22-12-15-6-5-7-17(23-15)25(2)3)24-14-8-10-26(11-9-14)13-16(19)20/h5-7,14,16H,4,8-13H2,1-3H3,(H2,21,22,24). The molecule has 0 bridgehead atoms. The van der Waals surface area contributed by atoms with Gasteiger partial charge >= 0.3 is 0 Å². The number of hydrogen-bond donors (Lipinski definition) is 2. The van der Waals surface area contributed by atoms with Crippen LogP contribution in [-0.4, -0.2) is 68.6 Å². The minimum absolute atomic E-state index is 0.130. The first-order chi connectivity index (χ1) is 12.5. The summed E-state index contributed by atoms with van der Waals surface area (Å²) in [5, 5.41) is 6.67. The maximum absolute atomic E-state index is 12.5. The number of hydrogen-bond acceptors (Lipinski definition) is 4. The number of nitrogens with one attached hydrogen (secondary N) is 2. The van der Waals surface area contributed by atoms with Gasteiger partial charge < -0.3 is 15.5 Å². The Morgan fingerprint density at radius 2 is 2.08 bits per heavy atom. The van der Waals surface area contributed by atoms with Crippen LogP contribution in [0.1, 0.15) is 25.5 Å². The highest BCUT2D eigenvalue weighted by atomic mass is 19.3. The first-order valence-electron chi connectivity index (χ1n) is 9.16. The molecule has 0 saturated carbocycles. The first kappa shape index (κ1) is 20.4. The molecule has 1 aliphatic rings. The van der Waals surface area contributed by atoms with E-state index in [9.17, 15) is 8.78 Å². The van der Waals surface area contributed by atoms with Gasteiger partial charge in [0.25, 0.3) is 6.43 Å². The second-order valence-electron chi connectivity index (χ2n) is 6.69. The molecule has 0 radical (unpaired) electrons. The molecule has 0 unspecified atom stereocenters. The van der Waals surface area contributed by atoms with Gasteiger partial charge in [-0.05, 0) is 31.9 Å². The number of rotatable bonds is 7. The quantitative estimate of drug-likeness (QED) is 0.569. The molecule has 0 spiro atoms. The second-order valence-corrected chi connectivity index (χ2v) is 6.69. The summed E-state index contributed by atoms with van der Waals surface area (Å²) in [5.74, 6) is 1.65. The SMILES string of the molecule is CCNC(=NCc1cccc(N(C)C)n1)NC1CCN(CC(F)F)CC1. The van der Waals surface area contributed by atoms with Crippen LogP contribution in [-0.2, 0) is 6.54 Å². The number of guanidine groups is 1. The van der Waals surface area contributed by atoms with E-state index in [1.165, 1.54) is 0 Å². The molecule has 2 rings (SSSR count). The zero-order chi connectivity index (χ0) is 18.9. The summed E-state index contributed by atoms with van der Waals surface area (Å²) in [6, 6.07) is 6.15. The Bertz CT molecular complexity index is 571. The Morgan fingerprint density at radius 1 is 1.35 bits per heavy atom. The molecular weight excluding hydrogens is 338 g/mol. The molecule has 0 aliphatic carbocycles. The number of halogens is 2. The smallest absolute Gasteiger partial charge is 0.251 e. The van der Waals surface area contributed by atoms with Gasteiger partial charge in [0.05, 0.1) is 18.8 Å². The Labute approximate surface area is 154 Å². The van der Waals surface area contributed by atoms with Crippen molar-refractivity contribution in [1.29, 1.82) is 0 Å². The molecule has 2 heterocycles. The molecule has 6 nitrogen and oxygen atoms in total. The topological polar surface area (TPSA) is 55.8 Å². The highest BCUT2D eigenvalue weighted by Gasteiger charge is 2.21. The third-order valence-electron chi connectivity index (χ3n) is 4.32. The van der Waals surface area contributed by atoms with E-state index in [-0.39, 0.29) is 12.6 Å². The van der Waals surface area contributed by atoms with Crippen LogP contribution in [0.5, 0.6) is 0 Å². The fourth-order valence-electron chi connectivity index (χ4n) is 2.93. The van der Waals surface area contributed by atoms with Crippen molar-refractivity contribution in [2.75, 3.05) is 45.2 Å². The Morgan fingerprint density at radius 3 is 2.69 bits per heavy atom. The van der Waals surface area contributed by atoms with Gasteiger partial charge in [0.15, 0.2) is 5.96 Å². The second kappa shape index (κ2) is 10.3. The van der Waals surface area contributed by atoms with Gasteiger partial charge in [0.1, 0.15) is 5.82 Å². The van der Waals surface area contributed by atoms with Crippen LogP contribution in [0.4, 0.5) is 14.6 Å². The van der Waals surface area contributed by atoms with E-state index in [1.807, 2.05) is 49.0 Å². The lowest BCUT2D eigenvalue weighted by atomic mass is 10.1. The minimum atomic E-state index is -2.26. The maximum Gasteiger partial charge on any atom is 0.251 e. The van der Waals surface area contributed by atoms with Gasteiger partial charge in [0, 0.05) is 39.8 Å². The lowest BCUT2D eigenvalue weighted by molar-refractivity contribution is 0.0744. The molecule has 1 saturated heterocycles. The first-order valence-corrected chi connectivity index (χ1v) is 9.16. The summed E-state index contributed by atoms with van der Waals surface area (Å²) >= 11 is 0. The van der Waals surface area contributed by atoms with Gasteiger partial charge in [-0.3, -0.25) is 4.90 Å². The predicted molar refractivity (Wildman–Crippen MR) is 102 cm³/mol. The van der Waals surface area contributed by atoms with Gasteiger partial charge in [-0.15, -0.1) is 0 Å². The molecule has 0 aromatic carbocycles. The maximum atomic E-state index is 12.5. The molecule has 26 heavy (non-hydrogen) atoms. The van der Waals surface area contributed by atoms with Crippen LogP contribution in [0.2, 0.25) is 0 Å². The number of aliphatic imine (C=N–C) groups is 1. The molecule has 1 aliphatic heterocycles. The minimum Gasteiger partial charge on any atom is -0.363 e. The number of likely N-dealkylation sites (tertiary alicyclic amines) is 1. The lowest BCUT2D eigenvalue weighted by Crippen LogP contribution is -2.49. The van der Waals surface area contributed by atoms with E-state index in [4.69, 9.17) is 0 Å². The largest absolute Gasteiger partial charge is 0.363 e. The summed E-state index contributed by atoms with van der Waals surface area (Å²) in [5.41, 5.74) is 0.903. The molecule has 8 heteroatoms. The van der Waals surface area contributed by atoms with E-state index in [1.54, 1.807) is 0 Å². The predicted octanol–water partition coefficient (Wildman–Crippen LogP) is 1.93. The number of alkyl halides is 2. The third-order valence-corrected chi connectivity index (χ3v) is 4.32. The van der Waals surface area contributed by atoms with Crippen LogP contribution in [0, 0.1) is 0 Å². The molecular formula is C18H30F2N6. The van der Waals surface area contributed by atoms with Crippen molar-refractivity contribution < 1.29 is 8.78 Å². The molecule has 0 amide bonds. The van der Waals surface area contributed by atoms with Crippen molar-refractivity contribution in [3.8, 4) is 0 Å². The molecule has 146 valence electrons. The average molecular weight is 368 g/mol. The summed E-state index contributed by atoms with van der Waals surface area (Å²) in [4.78, 5) is 13.0. The molecule has 1 fully saturated rings. The number of nitrogens with zero attached hydrogens (tertiary/aromatic N) is 4. The number of aromatic nitrogens is 1. The summed E-state index contributed by atoms with van der Waals surface area (Å²) in [7, 11) is 3.92. The summed E-state index contributed by atoms with van der Waals surface area (Å²) in [6.45, 7) is 4.52. The fraction of sp³-hybridized carbons (Fsp3) is 0.667. The summed E-state index contributed by atoms with van der Waals surface area (Å²) in [6.07, 6.45) is -0.583. The van der Waals surface area contributed by atoms with Gasteiger partial charge in [0.2, 0.25) is 0 Å². The fourth-order valence-corrected chi connectivity index (χ4v) is 2.93. The van der Waals surface area contributed by atoms with Crippen molar-refractivity contribution in [3.63, 3.8) is 0 Å². The van der Waals surface area contributed by atoms with E-state index in [0.717, 1.165) is 36.9 Å². The van der Waals surface area contributed by atoms with Crippen molar-refractivity contribution in [1.82, 2.24) is 20.5 Å². The lowest BCUT2D eigenvalue weighted by Gasteiger charge is -2.32. The zero-order valence-electron chi connectivity index (χ0n) is 15.9. The molecule has 2 N–H and O–H groups in total. The molecule has 1 aromatic rings. The van der Waals surface area contributed by atoms with Crippen LogP contribution >= 0.6 is 0 Å². The van der Waals surface area contributed by atoms with Crippen LogP contribution in [0.15, 0.2) is 23.2 Å². The number of anilines is 1. The van der Waals surface area contributed by atoms with Crippen LogP contribution < -0.4 is 15.5 Å². The third kappa shape index (κ3) is 6.74. The van der Waals surface area contributed by atoms with Crippen molar-refractivity contribution in [2.24, 2.45) is 4.99 Å². The monoisotopic (exact) mass is 368 g/mol. The summed E-state index contributed by atoms with van der Waals surface area (Å²) < 4.78 is 24.9. The van der Waals surface area contributed by atoms with Crippen molar-refractivity contribution in [3.05, 3.63) is 23.9 Å². The van der Waals surface area contributed by atoms with E-state index < -0.39 is 6.43 Å². The highest BCUT2D eigenvalue weighted by Crippen LogP contribution is 2.12. The Balaban J connectivity index is 1.90. The molecule has 0 atom stereocenters. The average Bonchev–Trinajstić information content (AvgIpc) is 2.61. The zero-order valence-corrected chi connectivity index (χ0v) is 15.9. The normalized spacial score (nSPS) is 16.8. The van der Waals surface area contributed by atoms with E-state index >= 15 is 0 Å². The Kier molecular flexibility index (Phi) is 8.03. The van der Waals surface area contributed by atoms with Gasteiger partial charge in [-0.2, -0.15) is 0 Å². The molecule has 1 aromatic heterocycles. The van der Waals surface area contributed by atoms with Crippen LogP contribution in [0.25, 0.3) is 0 Å². The van der Waals surface area contributed by atoms with Crippen molar-refractivity contribution >= 4 is 11.8 Å². The van der Waals surface area contributed by atoms with E-state index in [0.29, 0.717) is 19.6 Å².